The lowest BCUT2D eigenvalue weighted by molar-refractivity contribution is 0.422. The summed E-state index contributed by atoms with van der Waals surface area (Å²) in [5, 5.41) is 10.7. The molecule has 0 aliphatic rings. The van der Waals surface area contributed by atoms with Gasteiger partial charge in [0.1, 0.15) is 5.75 Å². The fourth-order valence-corrected chi connectivity index (χ4v) is 2.58. The molecule has 21 heavy (non-hydrogen) atoms. The van der Waals surface area contributed by atoms with Crippen LogP contribution in [0.15, 0.2) is 12.1 Å². The monoisotopic (exact) mass is 291 g/mol. The molecular formula is C19H33NO. The van der Waals surface area contributed by atoms with Crippen molar-refractivity contribution in [3.8, 4) is 5.75 Å². The number of phenols is 1. The highest BCUT2D eigenvalue weighted by atomic mass is 16.3. The first-order valence-corrected chi connectivity index (χ1v) is 7.97. The van der Waals surface area contributed by atoms with Gasteiger partial charge in [0.2, 0.25) is 0 Å². The molecule has 0 spiro atoms. The lowest BCUT2D eigenvalue weighted by atomic mass is 9.77. The van der Waals surface area contributed by atoms with Crippen LogP contribution >= 0.6 is 0 Å². The van der Waals surface area contributed by atoms with Crippen LogP contribution in [0.1, 0.15) is 84.5 Å². The van der Waals surface area contributed by atoms with E-state index in [0.717, 1.165) is 17.5 Å². The molecular weight excluding hydrogens is 258 g/mol. The summed E-state index contributed by atoms with van der Waals surface area (Å²) in [6.45, 7) is 17.3. The standard InChI is InChI=1S/C19H33NO/c1-12(2)9-16(20)14-10-13(18(3,4)5)11-15(17(14)21)19(6,7)8/h10-12,16,21H,9,20H2,1-8H3/t16-/m0/s1. The fraction of sp³-hybridized carbons (Fsp3) is 0.684. The van der Waals surface area contributed by atoms with E-state index in [2.05, 4.69) is 67.5 Å². The molecule has 0 aliphatic heterocycles. The molecule has 0 aromatic heterocycles. The molecule has 1 rings (SSSR count). The van der Waals surface area contributed by atoms with Crippen LogP contribution in [0.4, 0.5) is 0 Å². The molecule has 0 radical (unpaired) electrons. The molecule has 1 aromatic carbocycles. The number of phenolic OH excluding ortho intramolecular Hbond substituents is 1. The largest absolute Gasteiger partial charge is 0.507 e. The average Bonchev–Trinajstić information content (AvgIpc) is 2.24. The van der Waals surface area contributed by atoms with Gasteiger partial charge >= 0.3 is 0 Å². The Morgan fingerprint density at radius 3 is 1.90 bits per heavy atom. The Morgan fingerprint density at radius 1 is 1.00 bits per heavy atom. The summed E-state index contributed by atoms with van der Waals surface area (Å²) in [5.41, 5.74) is 9.42. The zero-order valence-corrected chi connectivity index (χ0v) is 15.0. The quantitative estimate of drug-likeness (QED) is 0.820. The van der Waals surface area contributed by atoms with E-state index >= 15 is 0 Å². The van der Waals surface area contributed by atoms with E-state index in [1.54, 1.807) is 0 Å². The molecule has 0 heterocycles. The van der Waals surface area contributed by atoms with Crippen molar-refractivity contribution in [2.75, 3.05) is 0 Å². The minimum Gasteiger partial charge on any atom is -0.507 e. The topological polar surface area (TPSA) is 46.2 Å². The predicted octanol–water partition coefficient (Wildman–Crippen LogP) is 5.03. The minimum atomic E-state index is -0.117. The predicted molar refractivity (Wildman–Crippen MR) is 91.9 cm³/mol. The van der Waals surface area contributed by atoms with E-state index < -0.39 is 0 Å². The maximum atomic E-state index is 10.7. The van der Waals surface area contributed by atoms with Crippen molar-refractivity contribution in [2.45, 2.75) is 78.7 Å². The van der Waals surface area contributed by atoms with Crippen molar-refractivity contribution in [3.05, 3.63) is 28.8 Å². The van der Waals surface area contributed by atoms with Crippen LogP contribution in [0.2, 0.25) is 0 Å². The van der Waals surface area contributed by atoms with Crippen molar-refractivity contribution in [2.24, 2.45) is 11.7 Å². The molecule has 2 nitrogen and oxygen atoms in total. The van der Waals surface area contributed by atoms with Crippen LogP contribution in [0.3, 0.4) is 0 Å². The number of hydrogen-bond acceptors (Lipinski definition) is 2. The minimum absolute atomic E-state index is 0.0417. The highest BCUT2D eigenvalue weighted by molar-refractivity contribution is 5.49. The Hall–Kier alpha value is -1.02. The second-order valence-corrected chi connectivity index (χ2v) is 8.70. The number of nitrogens with two attached hydrogens (primary N) is 1. The first kappa shape index (κ1) is 18.0. The van der Waals surface area contributed by atoms with Gasteiger partial charge in [0.05, 0.1) is 0 Å². The van der Waals surface area contributed by atoms with E-state index in [-0.39, 0.29) is 16.9 Å². The molecule has 0 bridgehead atoms. The Morgan fingerprint density at radius 2 is 1.52 bits per heavy atom. The van der Waals surface area contributed by atoms with Gasteiger partial charge < -0.3 is 10.8 Å². The van der Waals surface area contributed by atoms with Crippen molar-refractivity contribution in [1.29, 1.82) is 0 Å². The van der Waals surface area contributed by atoms with Gasteiger partial charge in [0.25, 0.3) is 0 Å². The van der Waals surface area contributed by atoms with E-state index in [0.29, 0.717) is 11.7 Å². The summed E-state index contributed by atoms with van der Waals surface area (Å²) in [7, 11) is 0. The number of hydrogen-bond donors (Lipinski definition) is 2. The molecule has 120 valence electrons. The molecule has 0 saturated carbocycles. The normalized spacial score (nSPS) is 14.6. The molecule has 0 amide bonds. The maximum Gasteiger partial charge on any atom is 0.124 e. The van der Waals surface area contributed by atoms with Crippen LogP contribution in [0, 0.1) is 5.92 Å². The van der Waals surface area contributed by atoms with E-state index in [9.17, 15) is 5.11 Å². The number of aromatic hydroxyl groups is 1. The van der Waals surface area contributed by atoms with E-state index in [1.807, 2.05) is 0 Å². The lowest BCUT2D eigenvalue weighted by Gasteiger charge is -2.29. The van der Waals surface area contributed by atoms with E-state index in [1.165, 1.54) is 5.56 Å². The van der Waals surface area contributed by atoms with Crippen LogP contribution in [-0.4, -0.2) is 5.11 Å². The van der Waals surface area contributed by atoms with Gasteiger partial charge in [-0.3, -0.25) is 0 Å². The first-order chi connectivity index (χ1) is 9.34. The van der Waals surface area contributed by atoms with Crippen LogP contribution in [0.25, 0.3) is 0 Å². The first-order valence-electron chi connectivity index (χ1n) is 7.97. The van der Waals surface area contributed by atoms with Crippen LogP contribution < -0.4 is 5.73 Å². The maximum absolute atomic E-state index is 10.7. The molecule has 0 aliphatic carbocycles. The highest BCUT2D eigenvalue weighted by Crippen LogP contribution is 2.40. The van der Waals surface area contributed by atoms with Crippen molar-refractivity contribution < 1.29 is 5.11 Å². The highest BCUT2D eigenvalue weighted by Gasteiger charge is 2.26. The second-order valence-electron chi connectivity index (χ2n) is 8.70. The van der Waals surface area contributed by atoms with Gasteiger partial charge in [-0.1, -0.05) is 61.5 Å². The van der Waals surface area contributed by atoms with Gasteiger partial charge in [-0.25, -0.2) is 0 Å². The van der Waals surface area contributed by atoms with E-state index in [4.69, 9.17) is 5.73 Å². The van der Waals surface area contributed by atoms with Gasteiger partial charge in [-0.15, -0.1) is 0 Å². The average molecular weight is 291 g/mol. The third-order valence-corrected chi connectivity index (χ3v) is 3.94. The summed E-state index contributed by atoms with van der Waals surface area (Å²) in [5.74, 6) is 0.888. The summed E-state index contributed by atoms with van der Waals surface area (Å²) >= 11 is 0. The summed E-state index contributed by atoms with van der Waals surface area (Å²) in [4.78, 5) is 0. The summed E-state index contributed by atoms with van der Waals surface area (Å²) in [6, 6.07) is 4.12. The zero-order chi connectivity index (χ0) is 16.6. The van der Waals surface area contributed by atoms with Gasteiger partial charge in [0.15, 0.2) is 0 Å². The van der Waals surface area contributed by atoms with Crippen molar-refractivity contribution >= 4 is 0 Å². The second kappa shape index (κ2) is 6.00. The Labute approximate surface area is 130 Å². The third-order valence-electron chi connectivity index (χ3n) is 3.94. The fourth-order valence-electron chi connectivity index (χ4n) is 2.58. The van der Waals surface area contributed by atoms with Crippen molar-refractivity contribution in [1.82, 2.24) is 0 Å². The summed E-state index contributed by atoms with van der Waals surface area (Å²) in [6.07, 6.45) is 0.880. The van der Waals surface area contributed by atoms with Crippen LogP contribution in [0.5, 0.6) is 5.75 Å². The zero-order valence-electron chi connectivity index (χ0n) is 15.0. The van der Waals surface area contributed by atoms with Gasteiger partial charge in [-0.05, 0) is 40.4 Å². The number of rotatable bonds is 3. The molecule has 1 atom stereocenters. The van der Waals surface area contributed by atoms with Crippen molar-refractivity contribution in [3.63, 3.8) is 0 Å². The number of benzene rings is 1. The molecule has 2 heteroatoms. The molecule has 1 aromatic rings. The Balaban J connectivity index is 3.49. The lowest BCUT2D eigenvalue weighted by Crippen LogP contribution is -2.20. The molecule has 0 saturated heterocycles. The summed E-state index contributed by atoms with van der Waals surface area (Å²) < 4.78 is 0. The SMILES string of the molecule is CC(C)C[C@H](N)c1cc(C(C)(C)C)cc(C(C)(C)C)c1O. The van der Waals surface area contributed by atoms with Gasteiger partial charge in [-0.2, -0.15) is 0 Å². The Kier molecular flexibility index (Phi) is 5.15. The molecule has 3 N–H and O–H groups in total. The third kappa shape index (κ3) is 4.47. The molecule has 0 fully saturated rings. The molecule has 0 unspecified atom stereocenters. The van der Waals surface area contributed by atoms with Gasteiger partial charge in [0, 0.05) is 11.6 Å². The Bertz CT molecular complexity index is 490. The smallest absolute Gasteiger partial charge is 0.124 e. The van der Waals surface area contributed by atoms with Crippen LogP contribution in [-0.2, 0) is 10.8 Å².